The minimum absolute atomic E-state index is 0.0598. The topological polar surface area (TPSA) is 37.3 Å². The number of nitrogens with zero attached hydrogens (tertiary/aromatic N) is 2. The largest absolute Gasteiger partial charge is 0.334 e. The van der Waals surface area contributed by atoms with Crippen LogP contribution in [-0.4, -0.2) is 21.4 Å². The van der Waals surface area contributed by atoms with E-state index in [2.05, 4.69) is 35.2 Å². The highest BCUT2D eigenvalue weighted by atomic mass is 32.2. The Labute approximate surface area is 94.4 Å². The number of hydrogen-bond donors (Lipinski definition) is 1. The number of hydrogen-bond acceptors (Lipinski definition) is 4. The van der Waals surface area contributed by atoms with Crippen LogP contribution in [0.3, 0.4) is 0 Å². The Morgan fingerprint density at radius 1 is 1.40 bits per heavy atom. The Balaban J connectivity index is 2.10. The molecular weight excluding hydrogens is 206 g/mol. The normalized spacial score (nSPS) is 18.7. The van der Waals surface area contributed by atoms with Crippen LogP contribution in [0.25, 0.3) is 0 Å². The van der Waals surface area contributed by atoms with Gasteiger partial charge in [0.05, 0.1) is 17.4 Å². The second-order valence-corrected chi connectivity index (χ2v) is 5.36. The third-order valence-electron chi connectivity index (χ3n) is 2.09. The van der Waals surface area contributed by atoms with Gasteiger partial charge in [0.25, 0.3) is 0 Å². The highest BCUT2D eigenvalue weighted by molar-refractivity contribution is 8.14. The van der Waals surface area contributed by atoms with Crippen LogP contribution < -0.4 is 5.32 Å². The van der Waals surface area contributed by atoms with E-state index in [1.54, 1.807) is 11.8 Å². The summed E-state index contributed by atoms with van der Waals surface area (Å²) in [5.74, 6) is 1.04. The molecule has 15 heavy (non-hydrogen) atoms. The van der Waals surface area contributed by atoms with Gasteiger partial charge in [-0.1, -0.05) is 11.8 Å². The smallest absolute Gasteiger partial charge is 0.161 e. The molecular formula is C11H15N3S. The Morgan fingerprint density at radius 2 is 2.20 bits per heavy atom. The third-order valence-corrected chi connectivity index (χ3v) is 3.41. The van der Waals surface area contributed by atoms with Crippen LogP contribution in [0.4, 0.5) is 5.69 Å². The summed E-state index contributed by atoms with van der Waals surface area (Å²) in [6.45, 7) is 6.32. The lowest BCUT2D eigenvalue weighted by Crippen LogP contribution is -2.15. The molecule has 1 aromatic rings. The Hall–Kier alpha value is -1.03. The van der Waals surface area contributed by atoms with Gasteiger partial charge in [0.2, 0.25) is 0 Å². The first-order valence-electron chi connectivity index (χ1n) is 4.96. The van der Waals surface area contributed by atoms with Crippen molar-refractivity contribution in [3.05, 3.63) is 24.0 Å². The first kappa shape index (κ1) is 10.5. The minimum atomic E-state index is 0.0598. The standard InChI is InChI=1S/C11H15N3S/c1-8-4-9(6-12-5-8)13-10-14-11(2,3)7-15-10/h4-6H,7H2,1-3H3,(H,13,14). The van der Waals surface area contributed by atoms with E-state index in [-0.39, 0.29) is 5.54 Å². The number of thioether (sulfide) groups is 1. The van der Waals surface area contributed by atoms with Crippen molar-refractivity contribution in [1.29, 1.82) is 0 Å². The van der Waals surface area contributed by atoms with Crippen molar-refractivity contribution in [3.8, 4) is 0 Å². The fraction of sp³-hybridized carbons (Fsp3) is 0.455. The van der Waals surface area contributed by atoms with Gasteiger partial charge in [0.1, 0.15) is 0 Å². The molecule has 4 heteroatoms. The second-order valence-electron chi connectivity index (χ2n) is 4.39. The number of aromatic nitrogens is 1. The van der Waals surface area contributed by atoms with E-state index in [0.29, 0.717) is 0 Å². The molecule has 0 radical (unpaired) electrons. The summed E-state index contributed by atoms with van der Waals surface area (Å²) in [5, 5.41) is 4.28. The summed E-state index contributed by atoms with van der Waals surface area (Å²) < 4.78 is 0. The predicted octanol–water partition coefficient (Wildman–Crippen LogP) is 2.68. The molecule has 1 aliphatic rings. The molecule has 80 valence electrons. The third kappa shape index (κ3) is 2.72. The molecule has 1 aliphatic heterocycles. The lowest BCUT2D eigenvalue weighted by atomic mass is 10.1. The number of pyridine rings is 1. The highest BCUT2D eigenvalue weighted by Gasteiger charge is 2.25. The van der Waals surface area contributed by atoms with Crippen LogP contribution in [0, 0.1) is 6.92 Å². The molecule has 1 N–H and O–H groups in total. The number of rotatable bonds is 1. The maximum absolute atomic E-state index is 4.59. The first-order valence-corrected chi connectivity index (χ1v) is 5.95. The zero-order valence-corrected chi connectivity index (χ0v) is 10.1. The summed E-state index contributed by atoms with van der Waals surface area (Å²) >= 11 is 1.76. The van der Waals surface area contributed by atoms with Crippen molar-refractivity contribution in [2.45, 2.75) is 26.3 Å². The zero-order valence-electron chi connectivity index (χ0n) is 9.24. The Kier molecular flexibility index (Phi) is 2.69. The fourth-order valence-electron chi connectivity index (χ4n) is 1.40. The van der Waals surface area contributed by atoms with Gasteiger partial charge < -0.3 is 5.32 Å². The summed E-state index contributed by atoms with van der Waals surface area (Å²) in [6, 6.07) is 2.07. The molecule has 0 saturated heterocycles. The Morgan fingerprint density at radius 3 is 2.80 bits per heavy atom. The van der Waals surface area contributed by atoms with Crippen LogP contribution in [0.5, 0.6) is 0 Å². The molecule has 0 saturated carbocycles. The van der Waals surface area contributed by atoms with Gasteiger partial charge >= 0.3 is 0 Å². The van der Waals surface area contributed by atoms with E-state index in [1.165, 1.54) is 0 Å². The molecule has 2 rings (SSSR count). The number of amidine groups is 1. The molecule has 2 heterocycles. The molecule has 1 aromatic heterocycles. The van der Waals surface area contributed by atoms with Crippen molar-refractivity contribution in [3.63, 3.8) is 0 Å². The van der Waals surface area contributed by atoms with E-state index >= 15 is 0 Å². The molecule has 0 unspecified atom stereocenters. The quantitative estimate of drug-likeness (QED) is 0.792. The number of anilines is 1. The van der Waals surface area contributed by atoms with Crippen LogP contribution in [0.2, 0.25) is 0 Å². The lowest BCUT2D eigenvalue weighted by molar-refractivity contribution is 0.605. The average molecular weight is 221 g/mol. The minimum Gasteiger partial charge on any atom is -0.334 e. The van der Waals surface area contributed by atoms with Crippen molar-refractivity contribution < 1.29 is 0 Å². The van der Waals surface area contributed by atoms with E-state index in [0.717, 1.165) is 22.2 Å². The summed E-state index contributed by atoms with van der Waals surface area (Å²) in [6.07, 6.45) is 3.67. The maximum Gasteiger partial charge on any atom is 0.161 e. The summed E-state index contributed by atoms with van der Waals surface area (Å²) in [5.41, 5.74) is 2.23. The van der Waals surface area contributed by atoms with Gasteiger partial charge in [-0.25, -0.2) is 0 Å². The van der Waals surface area contributed by atoms with Gasteiger partial charge in [-0.3, -0.25) is 9.98 Å². The van der Waals surface area contributed by atoms with Crippen LogP contribution in [-0.2, 0) is 0 Å². The van der Waals surface area contributed by atoms with Crippen molar-refractivity contribution >= 4 is 22.6 Å². The lowest BCUT2D eigenvalue weighted by Gasteiger charge is -2.09. The van der Waals surface area contributed by atoms with E-state index in [1.807, 2.05) is 19.3 Å². The molecule has 0 fully saturated rings. The predicted molar refractivity (Wildman–Crippen MR) is 66.6 cm³/mol. The SMILES string of the molecule is Cc1cncc(NC2=NC(C)(C)CS2)c1. The number of aliphatic imine (C=N–C) groups is 1. The fourth-order valence-corrected chi connectivity index (χ4v) is 2.45. The molecule has 0 amide bonds. The van der Waals surface area contributed by atoms with Gasteiger partial charge in [-0.15, -0.1) is 0 Å². The van der Waals surface area contributed by atoms with Crippen LogP contribution >= 0.6 is 11.8 Å². The average Bonchev–Trinajstić information content (AvgIpc) is 2.45. The summed E-state index contributed by atoms with van der Waals surface area (Å²) in [7, 11) is 0. The van der Waals surface area contributed by atoms with Crippen LogP contribution in [0.15, 0.2) is 23.5 Å². The zero-order chi connectivity index (χ0) is 10.9. The van der Waals surface area contributed by atoms with E-state index in [4.69, 9.17) is 0 Å². The van der Waals surface area contributed by atoms with E-state index in [9.17, 15) is 0 Å². The number of aryl methyl sites for hydroxylation is 1. The van der Waals surface area contributed by atoms with Gasteiger partial charge in [0.15, 0.2) is 5.17 Å². The molecule has 0 atom stereocenters. The van der Waals surface area contributed by atoms with E-state index < -0.39 is 0 Å². The van der Waals surface area contributed by atoms with Gasteiger partial charge in [-0.2, -0.15) is 0 Å². The molecule has 0 aliphatic carbocycles. The maximum atomic E-state index is 4.59. The molecule has 3 nitrogen and oxygen atoms in total. The van der Waals surface area contributed by atoms with Gasteiger partial charge in [-0.05, 0) is 32.4 Å². The highest BCUT2D eigenvalue weighted by Crippen LogP contribution is 2.27. The number of nitrogens with one attached hydrogen (secondary N) is 1. The van der Waals surface area contributed by atoms with Crippen molar-refractivity contribution in [2.24, 2.45) is 4.99 Å². The van der Waals surface area contributed by atoms with Gasteiger partial charge in [0, 0.05) is 11.9 Å². The summed E-state index contributed by atoms with van der Waals surface area (Å²) in [4.78, 5) is 8.72. The Bertz CT molecular complexity index is 399. The molecule has 0 aromatic carbocycles. The molecule has 0 bridgehead atoms. The van der Waals surface area contributed by atoms with Crippen molar-refractivity contribution in [2.75, 3.05) is 11.1 Å². The first-order chi connectivity index (χ1) is 7.05. The van der Waals surface area contributed by atoms with Crippen LogP contribution in [0.1, 0.15) is 19.4 Å². The second kappa shape index (κ2) is 3.85. The van der Waals surface area contributed by atoms with Crippen molar-refractivity contribution in [1.82, 2.24) is 4.98 Å². The monoisotopic (exact) mass is 221 g/mol. The molecule has 0 spiro atoms.